The van der Waals surface area contributed by atoms with Gasteiger partial charge in [0.15, 0.2) is 5.78 Å². The number of carbonyl (C=O) groups is 1. The van der Waals surface area contributed by atoms with Crippen LogP contribution in [0.3, 0.4) is 0 Å². The number of aryl methyl sites for hydroxylation is 1. The Hall–Kier alpha value is -1.15. The fourth-order valence-corrected chi connectivity index (χ4v) is 2.40. The Balaban J connectivity index is 2.10. The normalized spacial score (nSPS) is 23.9. The molecule has 2 rings (SSSR count). The third kappa shape index (κ3) is 2.95. The lowest BCUT2D eigenvalue weighted by Crippen LogP contribution is -2.15. The molecule has 0 amide bonds. The van der Waals surface area contributed by atoms with Gasteiger partial charge < -0.3 is 4.74 Å². The van der Waals surface area contributed by atoms with Crippen LogP contribution in [0.15, 0.2) is 24.3 Å². The van der Waals surface area contributed by atoms with Gasteiger partial charge in [-0.15, -0.1) is 0 Å². The van der Waals surface area contributed by atoms with E-state index in [4.69, 9.17) is 4.74 Å². The van der Waals surface area contributed by atoms with E-state index in [2.05, 4.69) is 13.0 Å². The molecule has 1 aliphatic rings. The standard InChI is InChI=1S/C15H20O2/c1-3-5-12-6-4-7-13(9-12)15(16)14-8-11(2)17-10-14/h4,6-7,9,11,14H,3,5,8,10H2,1-2H3. The minimum atomic E-state index is 0.0573. The highest BCUT2D eigenvalue weighted by Gasteiger charge is 2.28. The fraction of sp³-hybridized carbons (Fsp3) is 0.533. The lowest BCUT2D eigenvalue weighted by molar-refractivity contribution is 0.0877. The Kier molecular flexibility index (Phi) is 3.95. The molecule has 0 bridgehead atoms. The highest BCUT2D eigenvalue weighted by Crippen LogP contribution is 2.23. The van der Waals surface area contributed by atoms with Gasteiger partial charge in [0.05, 0.1) is 12.7 Å². The molecule has 0 spiro atoms. The second-order valence-corrected chi connectivity index (χ2v) is 4.89. The summed E-state index contributed by atoms with van der Waals surface area (Å²) in [5.41, 5.74) is 2.10. The topological polar surface area (TPSA) is 26.3 Å². The van der Waals surface area contributed by atoms with E-state index < -0.39 is 0 Å². The molecule has 17 heavy (non-hydrogen) atoms. The number of ketones is 1. The van der Waals surface area contributed by atoms with Crippen LogP contribution in [0, 0.1) is 5.92 Å². The molecule has 0 aromatic heterocycles. The quantitative estimate of drug-likeness (QED) is 0.745. The van der Waals surface area contributed by atoms with Crippen molar-refractivity contribution in [3.05, 3.63) is 35.4 Å². The first-order chi connectivity index (χ1) is 8.20. The molecule has 1 aliphatic heterocycles. The van der Waals surface area contributed by atoms with Crippen LogP contribution in [-0.2, 0) is 11.2 Å². The first-order valence-electron chi connectivity index (χ1n) is 6.45. The van der Waals surface area contributed by atoms with Gasteiger partial charge in [0, 0.05) is 11.5 Å². The molecular weight excluding hydrogens is 212 g/mol. The Morgan fingerprint density at radius 3 is 2.94 bits per heavy atom. The van der Waals surface area contributed by atoms with Gasteiger partial charge in [-0.05, 0) is 31.4 Å². The minimum Gasteiger partial charge on any atom is -0.378 e. The SMILES string of the molecule is CCCc1cccc(C(=O)C2COC(C)C2)c1. The van der Waals surface area contributed by atoms with Crippen molar-refractivity contribution in [2.75, 3.05) is 6.61 Å². The number of rotatable bonds is 4. The van der Waals surface area contributed by atoms with Crippen LogP contribution in [0.1, 0.15) is 42.6 Å². The average molecular weight is 232 g/mol. The van der Waals surface area contributed by atoms with E-state index in [9.17, 15) is 4.79 Å². The first-order valence-corrected chi connectivity index (χ1v) is 6.45. The van der Waals surface area contributed by atoms with E-state index >= 15 is 0 Å². The van der Waals surface area contributed by atoms with E-state index in [0.29, 0.717) is 6.61 Å². The molecule has 0 N–H and O–H groups in total. The van der Waals surface area contributed by atoms with Crippen molar-refractivity contribution in [1.82, 2.24) is 0 Å². The van der Waals surface area contributed by atoms with E-state index in [1.165, 1.54) is 5.56 Å². The summed E-state index contributed by atoms with van der Waals surface area (Å²) in [4.78, 5) is 12.3. The maximum atomic E-state index is 12.3. The average Bonchev–Trinajstić information content (AvgIpc) is 2.76. The summed E-state index contributed by atoms with van der Waals surface area (Å²) in [5, 5.41) is 0. The third-order valence-corrected chi connectivity index (χ3v) is 3.32. The zero-order chi connectivity index (χ0) is 12.3. The molecule has 1 saturated heterocycles. The number of benzene rings is 1. The number of hydrogen-bond acceptors (Lipinski definition) is 2. The lowest BCUT2D eigenvalue weighted by Gasteiger charge is -2.08. The molecule has 1 fully saturated rings. The highest BCUT2D eigenvalue weighted by atomic mass is 16.5. The van der Waals surface area contributed by atoms with Crippen LogP contribution in [0.25, 0.3) is 0 Å². The second kappa shape index (κ2) is 5.46. The molecule has 0 radical (unpaired) electrons. The van der Waals surface area contributed by atoms with Crippen LogP contribution in [0.5, 0.6) is 0 Å². The van der Waals surface area contributed by atoms with E-state index in [1.807, 2.05) is 25.1 Å². The summed E-state index contributed by atoms with van der Waals surface area (Å²) >= 11 is 0. The van der Waals surface area contributed by atoms with Crippen molar-refractivity contribution in [2.24, 2.45) is 5.92 Å². The number of Topliss-reactive ketones (excluding diaryl/α,β-unsaturated/α-hetero) is 1. The fourth-order valence-electron chi connectivity index (χ4n) is 2.40. The van der Waals surface area contributed by atoms with Gasteiger partial charge >= 0.3 is 0 Å². The van der Waals surface area contributed by atoms with Gasteiger partial charge in [0.2, 0.25) is 0 Å². The van der Waals surface area contributed by atoms with E-state index in [-0.39, 0.29) is 17.8 Å². The zero-order valence-corrected chi connectivity index (χ0v) is 10.6. The van der Waals surface area contributed by atoms with Crippen LogP contribution >= 0.6 is 0 Å². The summed E-state index contributed by atoms with van der Waals surface area (Å²) in [6, 6.07) is 8.03. The van der Waals surface area contributed by atoms with Crippen molar-refractivity contribution in [3.8, 4) is 0 Å². The summed E-state index contributed by atoms with van der Waals surface area (Å²) in [7, 11) is 0. The molecular formula is C15H20O2. The smallest absolute Gasteiger partial charge is 0.168 e. The van der Waals surface area contributed by atoms with Crippen molar-refractivity contribution in [1.29, 1.82) is 0 Å². The summed E-state index contributed by atoms with van der Waals surface area (Å²) in [6.45, 7) is 4.76. The number of carbonyl (C=O) groups excluding carboxylic acids is 1. The largest absolute Gasteiger partial charge is 0.378 e. The third-order valence-electron chi connectivity index (χ3n) is 3.32. The predicted molar refractivity (Wildman–Crippen MR) is 68.3 cm³/mol. The predicted octanol–water partition coefficient (Wildman–Crippen LogP) is 3.25. The van der Waals surface area contributed by atoms with Crippen molar-refractivity contribution < 1.29 is 9.53 Å². The Bertz CT molecular complexity index is 398. The monoisotopic (exact) mass is 232 g/mol. The van der Waals surface area contributed by atoms with Crippen molar-refractivity contribution >= 4 is 5.78 Å². The summed E-state index contributed by atoms with van der Waals surface area (Å²) in [5.74, 6) is 0.300. The second-order valence-electron chi connectivity index (χ2n) is 4.89. The Morgan fingerprint density at radius 1 is 1.47 bits per heavy atom. The zero-order valence-electron chi connectivity index (χ0n) is 10.6. The van der Waals surface area contributed by atoms with Gasteiger partial charge in [0.1, 0.15) is 0 Å². The molecule has 0 saturated carbocycles. The molecule has 1 aromatic carbocycles. The highest BCUT2D eigenvalue weighted by molar-refractivity contribution is 5.98. The molecule has 1 aromatic rings. The Labute approximate surface area is 103 Å². The lowest BCUT2D eigenvalue weighted by atomic mass is 9.94. The molecule has 2 unspecified atom stereocenters. The molecule has 0 aliphatic carbocycles. The molecule has 2 nitrogen and oxygen atoms in total. The Morgan fingerprint density at radius 2 is 2.29 bits per heavy atom. The molecule has 92 valence electrons. The minimum absolute atomic E-state index is 0.0573. The van der Waals surface area contributed by atoms with Crippen LogP contribution in [0.2, 0.25) is 0 Å². The van der Waals surface area contributed by atoms with E-state index in [0.717, 1.165) is 24.8 Å². The van der Waals surface area contributed by atoms with Crippen LogP contribution in [0.4, 0.5) is 0 Å². The summed E-state index contributed by atoms with van der Waals surface area (Å²) < 4.78 is 5.46. The van der Waals surface area contributed by atoms with Gasteiger partial charge in [-0.3, -0.25) is 4.79 Å². The van der Waals surface area contributed by atoms with Gasteiger partial charge in [-0.2, -0.15) is 0 Å². The molecule has 1 heterocycles. The van der Waals surface area contributed by atoms with Crippen molar-refractivity contribution in [3.63, 3.8) is 0 Å². The molecule has 2 heteroatoms. The van der Waals surface area contributed by atoms with Crippen LogP contribution in [-0.4, -0.2) is 18.5 Å². The van der Waals surface area contributed by atoms with Gasteiger partial charge in [0.25, 0.3) is 0 Å². The van der Waals surface area contributed by atoms with Crippen LogP contribution < -0.4 is 0 Å². The summed E-state index contributed by atoms with van der Waals surface area (Å²) in [6.07, 6.45) is 3.24. The van der Waals surface area contributed by atoms with Crippen molar-refractivity contribution in [2.45, 2.75) is 39.2 Å². The number of hydrogen-bond donors (Lipinski definition) is 0. The van der Waals surface area contributed by atoms with Gasteiger partial charge in [-0.25, -0.2) is 0 Å². The molecule has 2 atom stereocenters. The number of ether oxygens (including phenoxy) is 1. The maximum absolute atomic E-state index is 12.3. The first kappa shape index (κ1) is 12.3. The maximum Gasteiger partial charge on any atom is 0.168 e. The van der Waals surface area contributed by atoms with E-state index in [1.54, 1.807) is 0 Å². The van der Waals surface area contributed by atoms with Gasteiger partial charge in [-0.1, -0.05) is 31.5 Å².